The van der Waals surface area contributed by atoms with E-state index in [-0.39, 0.29) is 0 Å². The molecule has 2 N–H and O–H groups in total. The first-order valence-corrected chi connectivity index (χ1v) is 33.9. The van der Waals surface area contributed by atoms with Gasteiger partial charge in [0.05, 0.1) is 0 Å². The number of hydrogen-bond donors (Lipinski definition) is 2. The van der Waals surface area contributed by atoms with E-state index in [1.54, 1.807) is 0 Å². The predicted molar refractivity (Wildman–Crippen MR) is 419 cm³/mol. The van der Waals surface area contributed by atoms with Crippen molar-refractivity contribution in [3.05, 3.63) is 344 Å². The molecule has 460 valence electrons. The average molecular weight is 1320 g/mol. The molecule has 20 aromatic rings. The summed E-state index contributed by atoms with van der Waals surface area (Å²) in [6.07, 6.45) is 0. The smallest absolute Gasteiger partial charge is 0.456 e. The van der Waals surface area contributed by atoms with Crippen LogP contribution in [0.2, 0.25) is 0 Å². The third-order valence-electron chi connectivity index (χ3n) is 19.6. The summed E-state index contributed by atoms with van der Waals surface area (Å²) < 4.78 is 13.3. The van der Waals surface area contributed by atoms with Gasteiger partial charge in [-0.3, -0.25) is 0 Å². The van der Waals surface area contributed by atoms with Gasteiger partial charge in [-0.05, 0) is 214 Å². The minimum absolute atomic E-state index is 0.551. The lowest BCUT2D eigenvalue weighted by Crippen LogP contribution is -2.31. The number of benzene rings is 18. The number of furan rings is 2. The molecule has 98 heavy (non-hydrogen) atoms. The van der Waals surface area contributed by atoms with Crippen LogP contribution in [0.25, 0.3) is 186 Å². The fraction of sp³-hybridized carbons (Fsp3) is 0. The lowest BCUT2D eigenvalue weighted by Gasteiger charge is -2.18. The Morgan fingerprint density at radius 2 is 0.520 bits per heavy atom. The van der Waals surface area contributed by atoms with E-state index in [1.165, 1.54) is 109 Å². The standard InChI is InChI=1S/C46H28O.C30H21BO2.C16H9BrO/c1-2-13-31-28-44-42(26-30(31)12-1)41-27-34(23-24-43(41)47-44)46-39-20-7-5-18-37(39)45(38-19-6-8-21-40(38)46)33-16-9-15-32(25-33)36-22-10-14-29-11-3-4-17-35(29)36;32-31(33)30-27-16-5-3-14-25(27)29(26-15-4-6-17-28(26)30)22-12-7-11-21(19-22)24-18-8-10-20-9-1-2-13-23(20)24;17-12-5-6-15-14(9-12)13-7-10-3-1-2-4-11(10)8-16(13)18-15/h1-28H;1-19,32-33H;1-9H. The summed E-state index contributed by atoms with van der Waals surface area (Å²) in [4.78, 5) is 0. The van der Waals surface area contributed by atoms with Gasteiger partial charge in [0.15, 0.2) is 0 Å². The van der Waals surface area contributed by atoms with Crippen molar-refractivity contribution in [3.63, 3.8) is 0 Å². The van der Waals surface area contributed by atoms with E-state index in [9.17, 15) is 10.0 Å². The molecule has 0 bridgehead atoms. The van der Waals surface area contributed by atoms with Crippen molar-refractivity contribution < 1.29 is 18.9 Å². The van der Waals surface area contributed by atoms with Gasteiger partial charge in [-0.15, -0.1) is 0 Å². The van der Waals surface area contributed by atoms with E-state index >= 15 is 0 Å². The van der Waals surface area contributed by atoms with E-state index in [1.807, 2.05) is 54.6 Å². The van der Waals surface area contributed by atoms with E-state index < -0.39 is 7.12 Å². The Balaban J connectivity index is 0.000000118. The van der Waals surface area contributed by atoms with Gasteiger partial charge in [-0.25, -0.2) is 0 Å². The van der Waals surface area contributed by atoms with Crippen LogP contribution in [0, 0.1) is 0 Å². The van der Waals surface area contributed by atoms with Gasteiger partial charge in [-0.1, -0.05) is 289 Å². The van der Waals surface area contributed by atoms with Crippen LogP contribution in [0.1, 0.15) is 0 Å². The van der Waals surface area contributed by atoms with Crippen LogP contribution >= 0.6 is 15.9 Å². The van der Waals surface area contributed by atoms with Gasteiger partial charge in [0, 0.05) is 26.0 Å². The molecule has 0 radical (unpaired) electrons. The summed E-state index contributed by atoms with van der Waals surface area (Å²) in [6.45, 7) is 0. The highest BCUT2D eigenvalue weighted by atomic mass is 79.9. The van der Waals surface area contributed by atoms with Gasteiger partial charge in [0.1, 0.15) is 22.3 Å². The summed E-state index contributed by atoms with van der Waals surface area (Å²) in [7, 11) is -1.55. The number of hydrogen-bond acceptors (Lipinski definition) is 4. The first kappa shape index (κ1) is 58.7. The summed E-state index contributed by atoms with van der Waals surface area (Å²) in [5.74, 6) is 0. The van der Waals surface area contributed by atoms with Gasteiger partial charge in [0.25, 0.3) is 0 Å². The van der Waals surface area contributed by atoms with E-state index in [0.29, 0.717) is 5.46 Å². The molecule has 0 aliphatic rings. The monoisotopic (exact) mass is 1320 g/mol. The van der Waals surface area contributed by atoms with Crippen LogP contribution in [-0.4, -0.2) is 17.2 Å². The maximum atomic E-state index is 10.2. The molecule has 6 heteroatoms. The molecule has 18 aromatic carbocycles. The zero-order valence-corrected chi connectivity index (χ0v) is 54.6. The summed E-state index contributed by atoms with van der Waals surface area (Å²) in [5, 5.41) is 43.6. The molecule has 0 aliphatic heterocycles. The topological polar surface area (TPSA) is 66.7 Å². The molecule has 4 nitrogen and oxygen atoms in total. The Kier molecular flexibility index (Phi) is 14.6. The van der Waals surface area contributed by atoms with Crippen LogP contribution in [0.5, 0.6) is 0 Å². The second-order valence-electron chi connectivity index (χ2n) is 25.3. The molecule has 0 saturated carbocycles. The maximum Gasteiger partial charge on any atom is 0.489 e. The summed E-state index contributed by atoms with van der Waals surface area (Å²) >= 11 is 3.51. The van der Waals surface area contributed by atoms with Crippen molar-refractivity contribution >= 4 is 159 Å². The van der Waals surface area contributed by atoms with Crippen LogP contribution in [0.4, 0.5) is 0 Å². The Morgan fingerprint density at radius 3 is 0.949 bits per heavy atom. The quantitative estimate of drug-likeness (QED) is 0.129. The molecule has 0 atom stereocenters. The van der Waals surface area contributed by atoms with E-state index in [0.717, 1.165) is 81.2 Å². The molecule has 0 saturated heterocycles. The zero-order chi connectivity index (χ0) is 65.4. The third-order valence-corrected chi connectivity index (χ3v) is 20.1. The average Bonchev–Trinajstić information content (AvgIpc) is 0.746. The minimum Gasteiger partial charge on any atom is -0.456 e. The number of rotatable bonds is 6. The fourth-order valence-corrected chi connectivity index (χ4v) is 15.6. The van der Waals surface area contributed by atoms with Gasteiger partial charge in [0.2, 0.25) is 0 Å². The first-order chi connectivity index (χ1) is 48.3. The summed E-state index contributed by atoms with van der Waals surface area (Å²) in [6, 6.07) is 120. The molecule has 20 rings (SSSR count). The lowest BCUT2D eigenvalue weighted by molar-refractivity contribution is 0.426. The van der Waals surface area contributed by atoms with Crippen molar-refractivity contribution in [1.82, 2.24) is 0 Å². The highest BCUT2D eigenvalue weighted by Gasteiger charge is 2.24. The Labute approximate surface area is 573 Å². The largest absolute Gasteiger partial charge is 0.489 e. The predicted octanol–water partition coefficient (Wildman–Crippen LogP) is 24.9. The lowest BCUT2D eigenvalue weighted by atomic mass is 9.72. The van der Waals surface area contributed by atoms with Crippen molar-refractivity contribution in [2.45, 2.75) is 0 Å². The van der Waals surface area contributed by atoms with Gasteiger partial charge in [-0.2, -0.15) is 0 Å². The SMILES string of the molecule is Brc1ccc2oc3cc4ccccc4cc3c2c1.OB(O)c1c2ccccc2c(-c2cccc(-c3cccc4ccccc34)c2)c2ccccc12.c1cc(-c2cccc3ccccc23)cc(-c2c3ccccc3c(-c3ccc4oc5cc6ccccc6cc5c4c3)c3ccccc23)c1. The van der Waals surface area contributed by atoms with Crippen molar-refractivity contribution in [3.8, 4) is 55.6 Å². The Morgan fingerprint density at radius 1 is 0.214 bits per heavy atom. The highest BCUT2D eigenvalue weighted by Crippen LogP contribution is 2.47. The van der Waals surface area contributed by atoms with Crippen molar-refractivity contribution in [1.29, 1.82) is 0 Å². The molecule has 2 aromatic heterocycles. The molecule has 0 unspecified atom stereocenters. The number of halogens is 1. The van der Waals surface area contributed by atoms with E-state index in [4.69, 9.17) is 8.83 Å². The van der Waals surface area contributed by atoms with Crippen LogP contribution in [0.15, 0.2) is 353 Å². The normalized spacial score (nSPS) is 11.6. The van der Waals surface area contributed by atoms with Crippen LogP contribution in [-0.2, 0) is 0 Å². The Hall–Kier alpha value is -11.9. The van der Waals surface area contributed by atoms with E-state index in [2.05, 4.69) is 301 Å². The molecule has 0 fully saturated rings. The van der Waals surface area contributed by atoms with Crippen LogP contribution in [0.3, 0.4) is 0 Å². The summed E-state index contributed by atoms with van der Waals surface area (Å²) in [5.41, 5.74) is 16.2. The second kappa shape index (κ2) is 24.4. The molecule has 2 heterocycles. The van der Waals surface area contributed by atoms with Gasteiger partial charge >= 0.3 is 7.12 Å². The van der Waals surface area contributed by atoms with Crippen molar-refractivity contribution in [2.75, 3.05) is 0 Å². The van der Waals surface area contributed by atoms with Crippen LogP contribution < -0.4 is 5.46 Å². The zero-order valence-electron chi connectivity index (χ0n) is 53.0. The second-order valence-corrected chi connectivity index (χ2v) is 26.2. The fourth-order valence-electron chi connectivity index (χ4n) is 15.2. The maximum absolute atomic E-state index is 10.2. The molecular formula is C92H58BBrO4. The molecule has 0 aliphatic carbocycles. The Bertz CT molecular complexity index is 6450. The first-order valence-electron chi connectivity index (χ1n) is 33.1. The number of fused-ring (bicyclic) bond motifs is 14. The highest BCUT2D eigenvalue weighted by molar-refractivity contribution is 9.10. The molecule has 0 amide bonds. The third kappa shape index (κ3) is 10.2. The van der Waals surface area contributed by atoms with Crippen molar-refractivity contribution in [2.24, 2.45) is 0 Å². The molecule has 0 spiro atoms. The molecular weight excluding hydrogens is 1260 g/mol. The van der Waals surface area contributed by atoms with Gasteiger partial charge < -0.3 is 18.9 Å². The minimum atomic E-state index is -1.55.